The van der Waals surface area contributed by atoms with Gasteiger partial charge in [-0.1, -0.05) is 0 Å². The molecule has 3 unspecified atom stereocenters. The Morgan fingerprint density at radius 2 is 1.92 bits per heavy atom. The third-order valence-corrected chi connectivity index (χ3v) is 4.18. The first-order chi connectivity index (χ1) is 11.4. The number of fused-ring (bicyclic) bond motifs is 1. The number of hydrogen-bond donors (Lipinski definition) is 5. The molecule has 1 aromatic carbocycles. The second-order valence-corrected chi connectivity index (χ2v) is 5.86. The molecule has 5 atom stereocenters. The lowest BCUT2D eigenvalue weighted by Crippen LogP contribution is -2.61. The third-order valence-electron chi connectivity index (χ3n) is 4.18. The van der Waals surface area contributed by atoms with Gasteiger partial charge in [-0.3, -0.25) is 0 Å². The first-order valence-electron chi connectivity index (χ1n) is 7.52. The predicted molar refractivity (Wildman–Crippen MR) is 84.6 cm³/mol. The van der Waals surface area contributed by atoms with Gasteiger partial charge in [0.25, 0.3) is 0 Å². The van der Waals surface area contributed by atoms with E-state index in [-0.39, 0.29) is 0 Å². The van der Waals surface area contributed by atoms with Gasteiger partial charge in [-0.25, -0.2) is 4.79 Å². The minimum atomic E-state index is -1.43. The van der Waals surface area contributed by atoms with Crippen LogP contribution in [-0.4, -0.2) is 57.7 Å². The van der Waals surface area contributed by atoms with Crippen molar-refractivity contribution in [3.63, 3.8) is 0 Å². The number of rotatable bonds is 3. The number of hydrogen-bond acceptors (Lipinski definition) is 8. The maximum Gasteiger partial charge on any atom is 0.336 e. The van der Waals surface area contributed by atoms with E-state index < -0.39 is 42.9 Å². The van der Waals surface area contributed by atoms with E-state index in [4.69, 9.17) is 14.3 Å². The predicted octanol–water partition coefficient (Wildman–Crippen LogP) is -0.687. The monoisotopic (exact) mass is 337 g/mol. The van der Waals surface area contributed by atoms with Crippen LogP contribution < -0.4 is 10.9 Å². The van der Waals surface area contributed by atoms with Crippen molar-refractivity contribution in [3.8, 4) is 0 Å². The molecule has 0 bridgehead atoms. The molecule has 1 saturated heterocycles. The van der Waals surface area contributed by atoms with E-state index in [1.54, 1.807) is 25.1 Å². The Hall–Kier alpha value is -1.97. The van der Waals surface area contributed by atoms with Crippen LogP contribution in [0.4, 0.5) is 5.69 Å². The normalized spacial score (nSPS) is 30.5. The minimum absolute atomic E-state index is 0.361. The average molecular weight is 337 g/mol. The van der Waals surface area contributed by atoms with Crippen molar-refractivity contribution >= 4 is 16.7 Å². The van der Waals surface area contributed by atoms with E-state index in [1.807, 2.05) is 0 Å². The average Bonchev–Trinajstić information content (AvgIpc) is 2.54. The summed E-state index contributed by atoms with van der Waals surface area (Å²) in [5, 5.41) is 42.7. The van der Waals surface area contributed by atoms with Crippen LogP contribution in [0.3, 0.4) is 0 Å². The molecule has 0 radical (unpaired) electrons. The lowest BCUT2D eigenvalue weighted by molar-refractivity contribution is -0.245. The molecule has 130 valence electrons. The molecule has 1 aliphatic rings. The van der Waals surface area contributed by atoms with Gasteiger partial charge in [-0.2, -0.15) is 0 Å². The largest absolute Gasteiger partial charge is 0.423 e. The Bertz CT molecular complexity index is 790. The smallest absolute Gasteiger partial charge is 0.336 e. The number of aryl methyl sites for hydroxylation is 1. The minimum Gasteiger partial charge on any atom is -0.423 e. The summed E-state index contributed by atoms with van der Waals surface area (Å²) in [6, 6.07) is 5.37. The molecule has 3 rings (SSSR count). The summed E-state index contributed by atoms with van der Waals surface area (Å²) in [5.74, 6) is 0. The summed E-state index contributed by atoms with van der Waals surface area (Å²) >= 11 is 0. The maximum absolute atomic E-state index is 11.5. The molecule has 1 fully saturated rings. The molecule has 8 nitrogen and oxygen atoms in total. The number of benzene rings is 1. The molecule has 8 heteroatoms. The molecule has 0 aliphatic carbocycles. The summed E-state index contributed by atoms with van der Waals surface area (Å²) in [6.45, 7) is 1.27. The van der Waals surface area contributed by atoms with Crippen LogP contribution in [0.5, 0.6) is 0 Å². The zero-order valence-electron chi connectivity index (χ0n) is 12.9. The van der Waals surface area contributed by atoms with Crippen molar-refractivity contribution in [3.05, 3.63) is 40.2 Å². The van der Waals surface area contributed by atoms with Crippen molar-refractivity contribution in [1.29, 1.82) is 0 Å². The molecule has 2 aromatic rings. The zero-order valence-corrected chi connectivity index (χ0v) is 12.9. The molecule has 0 amide bonds. The number of aliphatic hydroxyl groups excluding tert-OH is 4. The quantitative estimate of drug-likeness (QED) is 0.465. The molecular formula is C16H19NO7. The van der Waals surface area contributed by atoms with Gasteiger partial charge in [-0.15, -0.1) is 0 Å². The molecule has 1 aromatic heterocycles. The van der Waals surface area contributed by atoms with Crippen molar-refractivity contribution in [2.75, 3.05) is 11.9 Å². The van der Waals surface area contributed by atoms with Gasteiger partial charge in [0.15, 0.2) is 6.29 Å². The van der Waals surface area contributed by atoms with E-state index >= 15 is 0 Å². The van der Waals surface area contributed by atoms with Crippen LogP contribution in [0.25, 0.3) is 11.0 Å². The van der Waals surface area contributed by atoms with Gasteiger partial charge >= 0.3 is 5.63 Å². The number of nitrogens with one attached hydrogen (secondary N) is 1. The van der Waals surface area contributed by atoms with Crippen molar-refractivity contribution < 1.29 is 29.6 Å². The van der Waals surface area contributed by atoms with Crippen LogP contribution in [0.1, 0.15) is 5.56 Å². The Balaban J connectivity index is 1.88. The standard InChI is InChI=1S/C16H19NO7/c1-7-4-12(19)23-10-5-8(2-3-9(7)10)17-13-15(21)14(20)11(6-18)24-16(13)22/h2-5,11,13-18,20-22H,6H2,1H3/t11?,13?,14-,15-,16?/m0/s1. The highest BCUT2D eigenvalue weighted by Crippen LogP contribution is 2.25. The molecule has 1 aliphatic heterocycles. The summed E-state index contributed by atoms with van der Waals surface area (Å²) in [7, 11) is 0. The summed E-state index contributed by atoms with van der Waals surface area (Å²) in [5.41, 5.74) is 1.13. The van der Waals surface area contributed by atoms with Gasteiger partial charge < -0.3 is 34.9 Å². The molecule has 2 heterocycles. The SMILES string of the molecule is Cc1cc(=O)oc2cc(NC3C(O)OC(CO)[C@H](O)[C@H]3O)ccc12. The summed E-state index contributed by atoms with van der Waals surface area (Å²) in [4.78, 5) is 11.5. The molecule has 0 spiro atoms. The first-order valence-corrected chi connectivity index (χ1v) is 7.52. The summed E-state index contributed by atoms with van der Waals surface area (Å²) < 4.78 is 10.2. The van der Waals surface area contributed by atoms with E-state index in [9.17, 15) is 20.1 Å². The van der Waals surface area contributed by atoms with Gasteiger partial charge in [0.05, 0.1) is 6.61 Å². The van der Waals surface area contributed by atoms with E-state index in [0.717, 1.165) is 10.9 Å². The second-order valence-electron chi connectivity index (χ2n) is 5.86. The maximum atomic E-state index is 11.5. The topological polar surface area (TPSA) is 132 Å². The van der Waals surface area contributed by atoms with Crippen LogP contribution in [0, 0.1) is 6.92 Å². The van der Waals surface area contributed by atoms with Crippen molar-refractivity contribution in [2.24, 2.45) is 0 Å². The van der Waals surface area contributed by atoms with Crippen LogP contribution >= 0.6 is 0 Å². The molecular weight excluding hydrogens is 318 g/mol. The fraction of sp³-hybridized carbons (Fsp3) is 0.438. The fourth-order valence-electron chi connectivity index (χ4n) is 2.86. The number of anilines is 1. The first kappa shape index (κ1) is 16.9. The lowest BCUT2D eigenvalue weighted by atomic mass is 9.97. The van der Waals surface area contributed by atoms with Gasteiger partial charge in [0.2, 0.25) is 0 Å². The Kier molecular flexibility index (Phi) is 4.57. The van der Waals surface area contributed by atoms with E-state index in [0.29, 0.717) is 11.3 Å². The summed E-state index contributed by atoms with van der Waals surface area (Å²) in [6.07, 6.45) is -5.20. The Morgan fingerprint density at radius 1 is 1.17 bits per heavy atom. The van der Waals surface area contributed by atoms with Crippen LogP contribution in [-0.2, 0) is 4.74 Å². The van der Waals surface area contributed by atoms with Gasteiger partial charge in [0.1, 0.15) is 29.9 Å². The molecule has 0 saturated carbocycles. The van der Waals surface area contributed by atoms with Crippen LogP contribution in [0.15, 0.2) is 33.5 Å². The third kappa shape index (κ3) is 3.02. The van der Waals surface area contributed by atoms with Gasteiger partial charge in [-0.05, 0) is 24.6 Å². The highest BCUT2D eigenvalue weighted by molar-refractivity contribution is 5.83. The van der Waals surface area contributed by atoms with Crippen molar-refractivity contribution in [2.45, 2.75) is 37.6 Å². The number of ether oxygens (including phenoxy) is 1. The molecule has 5 N–H and O–H groups in total. The Labute approximate surface area is 136 Å². The van der Waals surface area contributed by atoms with Crippen LogP contribution in [0.2, 0.25) is 0 Å². The second kappa shape index (κ2) is 6.50. The Morgan fingerprint density at radius 3 is 2.62 bits per heavy atom. The fourth-order valence-corrected chi connectivity index (χ4v) is 2.86. The van der Waals surface area contributed by atoms with E-state index in [1.165, 1.54) is 6.07 Å². The lowest BCUT2D eigenvalue weighted by Gasteiger charge is -2.40. The van der Waals surface area contributed by atoms with E-state index in [2.05, 4.69) is 5.32 Å². The van der Waals surface area contributed by atoms with Gasteiger partial charge in [0, 0.05) is 23.2 Å². The highest BCUT2D eigenvalue weighted by atomic mass is 16.6. The molecule has 24 heavy (non-hydrogen) atoms. The van der Waals surface area contributed by atoms with Crippen molar-refractivity contribution in [1.82, 2.24) is 0 Å². The number of aliphatic hydroxyl groups is 4. The zero-order chi connectivity index (χ0) is 17.4. The highest BCUT2D eigenvalue weighted by Gasteiger charge is 2.43.